The summed E-state index contributed by atoms with van der Waals surface area (Å²) in [5.74, 6) is 0.220. The summed E-state index contributed by atoms with van der Waals surface area (Å²) in [5, 5.41) is 0. The zero-order valence-electron chi connectivity index (χ0n) is 14.9. The summed E-state index contributed by atoms with van der Waals surface area (Å²) in [5.41, 5.74) is -0.463. The minimum Gasteiger partial charge on any atom is -0.493 e. The molecular formula is C18H27BrFNO3. The number of rotatable bonds is 8. The van der Waals surface area contributed by atoms with Crippen LogP contribution in [0.3, 0.4) is 0 Å². The number of carbonyl (C=O) groups excluding carboxylic acids is 1. The first-order valence-electron chi connectivity index (χ1n) is 8.21. The summed E-state index contributed by atoms with van der Waals surface area (Å²) in [6.07, 6.45) is 3.53. The molecule has 24 heavy (non-hydrogen) atoms. The lowest BCUT2D eigenvalue weighted by molar-refractivity contribution is 0.0296. The van der Waals surface area contributed by atoms with E-state index in [1.807, 2.05) is 20.8 Å². The summed E-state index contributed by atoms with van der Waals surface area (Å²) in [4.78, 5) is 13.4. The highest BCUT2D eigenvalue weighted by atomic mass is 79.9. The second kappa shape index (κ2) is 9.87. The van der Waals surface area contributed by atoms with E-state index in [4.69, 9.17) is 9.47 Å². The van der Waals surface area contributed by atoms with E-state index in [0.717, 1.165) is 25.7 Å². The SMILES string of the molecule is CN(CCCCCCOc1ccc(Br)c(F)c1)C(=O)OC(C)(C)C. The van der Waals surface area contributed by atoms with Crippen molar-refractivity contribution in [3.8, 4) is 5.75 Å². The standard InChI is InChI=1S/C18H27BrFNO3/c1-18(2,3)24-17(22)21(4)11-7-5-6-8-12-23-14-9-10-15(19)16(20)13-14/h9-10,13H,5-8,11-12H2,1-4H3. The van der Waals surface area contributed by atoms with Crippen molar-refractivity contribution in [3.05, 3.63) is 28.5 Å². The van der Waals surface area contributed by atoms with Gasteiger partial charge in [-0.3, -0.25) is 0 Å². The largest absolute Gasteiger partial charge is 0.493 e. The highest BCUT2D eigenvalue weighted by Gasteiger charge is 2.18. The Kier molecular flexibility index (Phi) is 8.53. The van der Waals surface area contributed by atoms with Crippen molar-refractivity contribution in [3.63, 3.8) is 0 Å². The van der Waals surface area contributed by atoms with Crippen molar-refractivity contribution in [2.24, 2.45) is 0 Å². The van der Waals surface area contributed by atoms with Gasteiger partial charge < -0.3 is 14.4 Å². The first-order chi connectivity index (χ1) is 11.2. The number of hydrogen-bond acceptors (Lipinski definition) is 3. The average Bonchev–Trinajstić information content (AvgIpc) is 2.47. The summed E-state index contributed by atoms with van der Waals surface area (Å²) in [6.45, 7) is 6.80. The minimum absolute atomic E-state index is 0.289. The zero-order chi connectivity index (χ0) is 18.2. The third kappa shape index (κ3) is 8.52. The van der Waals surface area contributed by atoms with Crippen LogP contribution >= 0.6 is 15.9 Å². The summed E-state index contributed by atoms with van der Waals surface area (Å²) >= 11 is 3.11. The Labute approximate surface area is 152 Å². The number of ether oxygens (including phenoxy) is 2. The second-order valence-electron chi connectivity index (χ2n) is 6.74. The minimum atomic E-state index is -0.463. The Hall–Kier alpha value is -1.30. The second-order valence-corrected chi connectivity index (χ2v) is 7.59. The fourth-order valence-corrected chi connectivity index (χ4v) is 2.24. The van der Waals surface area contributed by atoms with Gasteiger partial charge in [-0.25, -0.2) is 9.18 Å². The zero-order valence-corrected chi connectivity index (χ0v) is 16.5. The molecule has 6 heteroatoms. The van der Waals surface area contributed by atoms with Crippen molar-refractivity contribution >= 4 is 22.0 Å². The topological polar surface area (TPSA) is 38.8 Å². The molecule has 0 unspecified atom stereocenters. The van der Waals surface area contributed by atoms with Crippen LogP contribution in [0.4, 0.5) is 9.18 Å². The summed E-state index contributed by atoms with van der Waals surface area (Å²) < 4.78 is 24.6. The van der Waals surface area contributed by atoms with Gasteiger partial charge in [0.05, 0.1) is 11.1 Å². The van der Waals surface area contributed by atoms with Crippen LogP contribution < -0.4 is 4.74 Å². The number of amides is 1. The molecule has 1 rings (SSSR count). The number of nitrogens with zero attached hydrogens (tertiary/aromatic N) is 1. The molecule has 0 atom stereocenters. The van der Waals surface area contributed by atoms with Gasteiger partial charge in [-0.15, -0.1) is 0 Å². The smallest absolute Gasteiger partial charge is 0.410 e. The Morgan fingerprint density at radius 2 is 1.88 bits per heavy atom. The van der Waals surface area contributed by atoms with Gasteiger partial charge in [0.2, 0.25) is 0 Å². The molecule has 0 N–H and O–H groups in total. The van der Waals surface area contributed by atoms with Crippen LogP contribution in [0.2, 0.25) is 0 Å². The molecule has 4 nitrogen and oxygen atoms in total. The number of unbranched alkanes of at least 4 members (excludes halogenated alkanes) is 3. The average molecular weight is 404 g/mol. The summed E-state index contributed by atoms with van der Waals surface area (Å²) in [7, 11) is 1.75. The maximum atomic E-state index is 13.3. The van der Waals surface area contributed by atoms with E-state index in [1.54, 1.807) is 24.1 Å². The monoisotopic (exact) mass is 403 g/mol. The van der Waals surface area contributed by atoms with Crippen LogP contribution in [0.1, 0.15) is 46.5 Å². The van der Waals surface area contributed by atoms with Crippen LogP contribution in [0, 0.1) is 5.82 Å². The van der Waals surface area contributed by atoms with E-state index in [9.17, 15) is 9.18 Å². The Balaban J connectivity index is 2.09. The van der Waals surface area contributed by atoms with Crippen molar-refractivity contribution in [1.82, 2.24) is 4.90 Å². The van der Waals surface area contributed by atoms with Crippen LogP contribution in [0.25, 0.3) is 0 Å². The van der Waals surface area contributed by atoms with Crippen LogP contribution in [0.15, 0.2) is 22.7 Å². The molecule has 0 radical (unpaired) electrons. The van der Waals surface area contributed by atoms with Crippen LogP contribution in [-0.2, 0) is 4.74 Å². The fraction of sp³-hybridized carbons (Fsp3) is 0.611. The number of halogens is 2. The van der Waals surface area contributed by atoms with Gasteiger partial charge in [-0.1, -0.05) is 12.8 Å². The van der Waals surface area contributed by atoms with Crippen molar-refractivity contribution in [2.45, 2.75) is 52.1 Å². The number of carbonyl (C=O) groups is 1. The molecule has 136 valence electrons. The molecule has 0 aliphatic rings. The maximum absolute atomic E-state index is 13.3. The van der Waals surface area contributed by atoms with Crippen molar-refractivity contribution in [1.29, 1.82) is 0 Å². The van der Waals surface area contributed by atoms with Gasteiger partial charge in [0.25, 0.3) is 0 Å². The quantitative estimate of drug-likeness (QED) is 0.545. The third-order valence-corrected chi connectivity index (χ3v) is 3.90. The Morgan fingerprint density at radius 3 is 2.50 bits per heavy atom. The van der Waals surface area contributed by atoms with Crippen molar-refractivity contribution < 1.29 is 18.7 Å². The molecule has 0 fully saturated rings. The molecule has 0 saturated carbocycles. The van der Waals surface area contributed by atoms with Crippen molar-refractivity contribution in [2.75, 3.05) is 20.2 Å². The molecular weight excluding hydrogens is 377 g/mol. The van der Waals surface area contributed by atoms with Gasteiger partial charge in [0.15, 0.2) is 0 Å². The molecule has 0 aliphatic heterocycles. The van der Waals surface area contributed by atoms with E-state index >= 15 is 0 Å². The van der Waals surface area contributed by atoms with Crippen LogP contribution in [0.5, 0.6) is 5.75 Å². The maximum Gasteiger partial charge on any atom is 0.410 e. The van der Waals surface area contributed by atoms with Gasteiger partial charge in [0.1, 0.15) is 17.2 Å². The van der Waals surface area contributed by atoms with E-state index in [-0.39, 0.29) is 11.9 Å². The number of hydrogen-bond donors (Lipinski definition) is 0. The molecule has 0 saturated heterocycles. The predicted molar refractivity (Wildman–Crippen MR) is 96.9 cm³/mol. The summed E-state index contributed by atoms with van der Waals surface area (Å²) in [6, 6.07) is 4.75. The lowest BCUT2D eigenvalue weighted by Gasteiger charge is -2.24. The lowest BCUT2D eigenvalue weighted by Crippen LogP contribution is -2.34. The van der Waals surface area contributed by atoms with E-state index in [1.165, 1.54) is 6.07 Å². The van der Waals surface area contributed by atoms with Gasteiger partial charge in [0, 0.05) is 19.7 Å². The molecule has 0 spiro atoms. The fourth-order valence-electron chi connectivity index (χ4n) is 1.99. The van der Waals surface area contributed by atoms with E-state index in [0.29, 0.717) is 23.4 Å². The molecule has 1 aromatic rings. The van der Waals surface area contributed by atoms with Gasteiger partial charge >= 0.3 is 6.09 Å². The highest BCUT2D eigenvalue weighted by molar-refractivity contribution is 9.10. The highest BCUT2D eigenvalue weighted by Crippen LogP contribution is 2.21. The molecule has 0 bridgehead atoms. The van der Waals surface area contributed by atoms with E-state index < -0.39 is 5.60 Å². The molecule has 1 aromatic carbocycles. The van der Waals surface area contributed by atoms with Crippen LogP contribution in [-0.4, -0.2) is 36.8 Å². The third-order valence-electron chi connectivity index (χ3n) is 3.25. The first-order valence-corrected chi connectivity index (χ1v) is 9.00. The van der Waals surface area contributed by atoms with Gasteiger partial charge in [-0.05, 0) is 61.7 Å². The predicted octanol–water partition coefficient (Wildman–Crippen LogP) is 5.39. The lowest BCUT2D eigenvalue weighted by atomic mass is 10.2. The molecule has 1 amide bonds. The normalized spacial score (nSPS) is 11.2. The first kappa shape index (κ1) is 20.7. The number of benzene rings is 1. The molecule has 0 aliphatic carbocycles. The molecule has 0 aromatic heterocycles. The molecule has 0 heterocycles. The Bertz CT molecular complexity index is 531. The van der Waals surface area contributed by atoms with Gasteiger partial charge in [-0.2, -0.15) is 0 Å². The van der Waals surface area contributed by atoms with E-state index in [2.05, 4.69) is 15.9 Å². The Morgan fingerprint density at radius 1 is 1.21 bits per heavy atom.